The summed E-state index contributed by atoms with van der Waals surface area (Å²) in [7, 11) is -1.17. The van der Waals surface area contributed by atoms with Crippen LogP contribution >= 0.6 is 0 Å². The topological polar surface area (TPSA) is 64.0 Å². The Hall–Kier alpha value is -1.40. The molecule has 0 unspecified atom stereocenters. The van der Waals surface area contributed by atoms with Gasteiger partial charge in [0.15, 0.2) is 9.84 Å². The van der Waals surface area contributed by atoms with E-state index in [2.05, 4.69) is 10.4 Å². The maximum absolute atomic E-state index is 11.9. The molecule has 0 aliphatic heterocycles. The largest absolute Gasteiger partial charge is 0.314 e. The van der Waals surface area contributed by atoms with Gasteiger partial charge in [0.05, 0.1) is 28.8 Å². The van der Waals surface area contributed by atoms with Crippen molar-refractivity contribution in [3.05, 3.63) is 30.0 Å². The Morgan fingerprint density at radius 3 is 2.65 bits per heavy atom. The molecule has 0 spiro atoms. The highest BCUT2D eigenvalue weighted by molar-refractivity contribution is 7.91. The molecule has 0 aliphatic carbocycles. The van der Waals surface area contributed by atoms with Crippen molar-refractivity contribution in [1.29, 1.82) is 0 Å². The van der Waals surface area contributed by atoms with Crippen molar-refractivity contribution in [3.8, 4) is 0 Å². The van der Waals surface area contributed by atoms with Crippen molar-refractivity contribution in [1.82, 2.24) is 15.1 Å². The van der Waals surface area contributed by atoms with Crippen LogP contribution in [0.5, 0.6) is 0 Å². The van der Waals surface area contributed by atoms with Crippen molar-refractivity contribution in [2.45, 2.75) is 32.2 Å². The Morgan fingerprint density at radius 2 is 2.00 bits per heavy atom. The van der Waals surface area contributed by atoms with Gasteiger partial charge in [0.2, 0.25) is 0 Å². The average Bonchev–Trinajstić information content (AvgIpc) is 2.76. The molecule has 20 heavy (non-hydrogen) atoms. The number of sulfone groups is 1. The summed E-state index contributed by atoms with van der Waals surface area (Å²) in [6, 6.07) is 7.91. The number of hydrogen-bond donors (Lipinski definition) is 1. The van der Waals surface area contributed by atoms with Gasteiger partial charge in [-0.3, -0.25) is 4.68 Å². The minimum atomic E-state index is -3.04. The number of hydrogen-bond acceptors (Lipinski definition) is 4. The molecule has 1 aromatic carbocycles. The highest BCUT2D eigenvalue weighted by atomic mass is 32.2. The Morgan fingerprint density at radius 1 is 1.30 bits per heavy atom. The standard InChI is InChI=1S/C14H21N3O2S/c1-11(2)20(18,19)9-8-17-14-7-5-4-6-12(14)13(16-17)10-15-3/h4-7,11,15H,8-10H2,1-3H3. The normalized spacial score (nSPS) is 12.4. The lowest BCUT2D eigenvalue weighted by molar-refractivity contribution is 0.574. The second-order valence-corrected chi connectivity index (χ2v) is 7.81. The van der Waals surface area contributed by atoms with E-state index >= 15 is 0 Å². The van der Waals surface area contributed by atoms with Crippen molar-refractivity contribution >= 4 is 20.7 Å². The lowest BCUT2D eigenvalue weighted by Crippen LogP contribution is -2.21. The minimum Gasteiger partial charge on any atom is -0.314 e. The van der Waals surface area contributed by atoms with Crippen LogP contribution in [0, 0.1) is 0 Å². The van der Waals surface area contributed by atoms with E-state index in [4.69, 9.17) is 0 Å². The van der Waals surface area contributed by atoms with Crippen LogP contribution in [0.1, 0.15) is 19.5 Å². The van der Waals surface area contributed by atoms with E-state index < -0.39 is 9.84 Å². The second kappa shape index (κ2) is 5.93. The Bertz CT molecular complexity index is 690. The molecule has 0 aliphatic rings. The molecular formula is C14H21N3O2S. The zero-order valence-corrected chi connectivity index (χ0v) is 12.9. The fraction of sp³-hybridized carbons (Fsp3) is 0.500. The number of rotatable bonds is 6. The minimum absolute atomic E-state index is 0.120. The fourth-order valence-electron chi connectivity index (χ4n) is 2.11. The summed E-state index contributed by atoms with van der Waals surface area (Å²) >= 11 is 0. The maximum atomic E-state index is 11.9. The molecule has 1 N–H and O–H groups in total. The number of para-hydroxylation sites is 1. The molecule has 0 fully saturated rings. The number of benzene rings is 1. The number of aryl methyl sites for hydroxylation is 1. The number of fused-ring (bicyclic) bond motifs is 1. The molecule has 1 aromatic heterocycles. The van der Waals surface area contributed by atoms with E-state index in [0.29, 0.717) is 13.1 Å². The van der Waals surface area contributed by atoms with Crippen LogP contribution in [-0.2, 0) is 22.9 Å². The van der Waals surface area contributed by atoms with Gasteiger partial charge in [0, 0.05) is 11.9 Å². The molecule has 0 bridgehead atoms. The molecule has 2 rings (SSSR count). The highest BCUT2D eigenvalue weighted by Crippen LogP contribution is 2.18. The van der Waals surface area contributed by atoms with Gasteiger partial charge in [-0.25, -0.2) is 8.42 Å². The summed E-state index contributed by atoms with van der Waals surface area (Å²) in [5.74, 6) is 0.120. The first kappa shape index (κ1) is 15.0. The van der Waals surface area contributed by atoms with E-state index in [1.54, 1.807) is 18.5 Å². The Balaban J connectivity index is 2.31. The van der Waals surface area contributed by atoms with E-state index in [0.717, 1.165) is 16.6 Å². The van der Waals surface area contributed by atoms with Crippen LogP contribution in [-0.4, -0.2) is 36.2 Å². The first-order valence-electron chi connectivity index (χ1n) is 6.76. The summed E-state index contributed by atoms with van der Waals surface area (Å²) in [5, 5.41) is 8.34. The van der Waals surface area contributed by atoms with Crippen molar-refractivity contribution in [2.75, 3.05) is 12.8 Å². The average molecular weight is 295 g/mol. The van der Waals surface area contributed by atoms with Crippen LogP contribution in [0.2, 0.25) is 0 Å². The molecule has 0 saturated heterocycles. The summed E-state index contributed by atoms with van der Waals surface area (Å²) in [6.07, 6.45) is 0. The first-order valence-corrected chi connectivity index (χ1v) is 8.48. The first-order chi connectivity index (χ1) is 9.45. The number of nitrogens with one attached hydrogen (secondary N) is 1. The molecular weight excluding hydrogens is 274 g/mol. The SMILES string of the molecule is CNCc1nn(CCS(=O)(=O)C(C)C)c2ccccc12. The third-order valence-corrected chi connectivity index (χ3v) is 5.57. The fourth-order valence-corrected chi connectivity index (χ4v) is 3.01. The number of aromatic nitrogens is 2. The molecule has 0 amide bonds. The van der Waals surface area contributed by atoms with E-state index in [9.17, 15) is 8.42 Å². The predicted octanol–water partition coefficient (Wildman–Crippen LogP) is 1.58. The van der Waals surface area contributed by atoms with Gasteiger partial charge >= 0.3 is 0 Å². The van der Waals surface area contributed by atoms with E-state index in [-0.39, 0.29) is 11.0 Å². The number of nitrogens with zero attached hydrogens (tertiary/aromatic N) is 2. The summed E-state index contributed by atoms with van der Waals surface area (Å²) in [5.41, 5.74) is 1.93. The molecule has 0 atom stereocenters. The lowest BCUT2D eigenvalue weighted by Gasteiger charge is -2.08. The van der Waals surface area contributed by atoms with Crippen LogP contribution in [0.3, 0.4) is 0 Å². The summed E-state index contributed by atoms with van der Waals surface area (Å²) in [4.78, 5) is 0. The molecule has 0 saturated carbocycles. The molecule has 110 valence electrons. The van der Waals surface area contributed by atoms with Gasteiger partial charge in [-0.15, -0.1) is 0 Å². The monoisotopic (exact) mass is 295 g/mol. The molecule has 0 radical (unpaired) electrons. The quantitative estimate of drug-likeness (QED) is 0.879. The van der Waals surface area contributed by atoms with E-state index in [1.165, 1.54) is 0 Å². The zero-order valence-electron chi connectivity index (χ0n) is 12.1. The van der Waals surface area contributed by atoms with Crippen LogP contribution < -0.4 is 5.32 Å². The summed E-state index contributed by atoms with van der Waals surface area (Å²) < 4.78 is 25.6. The smallest absolute Gasteiger partial charge is 0.154 e. The van der Waals surface area contributed by atoms with Gasteiger partial charge in [-0.1, -0.05) is 18.2 Å². The second-order valence-electron chi connectivity index (χ2n) is 5.13. The van der Waals surface area contributed by atoms with Gasteiger partial charge < -0.3 is 5.32 Å². The Kier molecular flexibility index (Phi) is 4.45. The molecule has 2 aromatic rings. The maximum Gasteiger partial charge on any atom is 0.154 e. The molecule has 6 heteroatoms. The van der Waals surface area contributed by atoms with Crippen molar-refractivity contribution < 1.29 is 8.42 Å². The molecule has 1 heterocycles. The van der Waals surface area contributed by atoms with Crippen molar-refractivity contribution in [3.63, 3.8) is 0 Å². The highest BCUT2D eigenvalue weighted by Gasteiger charge is 2.17. The van der Waals surface area contributed by atoms with E-state index in [1.807, 2.05) is 31.3 Å². The molecule has 5 nitrogen and oxygen atoms in total. The van der Waals surface area contributed by atoms with Gasteiger partial charge in [0.1, 0.15) is 0 Å². The predicted molar refractivity (Wildman–Crippen MR) is 81.4 cm³/mol. The third-order valence-electron chi connectivity index (χ3n) is 3.38. The lowest BCUT2D eigenvalue weighted by atomic mass is 10.2. The van der Waals surface area contributed by atoms with Crippen LogP contribution in [0.15, 0.2) is 24.3 Å². The van der Waals surface area contributed by atoms with Crippen LogP contribution in [0.4, 0.5) is 0 Å². The van der Waals surface area contributed by atoms with Gasteiger partial charge in [0.25, 0.3) is 0 Å². The van der Waals surface area contributed by atoms with Gasteiger partial charge in [-0.05, 0) is 27.0 Å². The van der Waals surface area contributed by atoms with Crippen LogP contribution in [0.25, 0.3) is 10.9 Å². The summed E-state index contributed by atoms with van der Waals surface area (Å²) in [6.45, 7) is 4.49. The Labute approximate surface area is 119 Å². The third kappa shape index (κ3) is 3.02. The van der Waals surface area contributed by atoms with Crippen molar-refractivity contribution in [2.24, 2.45) is 0 Å². The van der Waals surface area contributed by atoms with Gasteiger partial charge in [-0.2, -0.15) is 5.10 Å². The zero-order chi connectivity index (χ0) is 14.8.